The monoisotopic (exact) mass is 558 g/mol. The summed E-state index contributed by atoms with van der Waals surface area (Å²) >= 11 is 6.47. The van der Waals surface area contributed by atoms with Crippen molar-refractivity contribution in [2.75, 3.05) is 23.7 Å². The van der Waals surface area contributed by atoms with Crippen LogP contribution in [0.3, 0.4) is 0 Å². The van der Waals surface area contributed by atoms with Crippen LogP contribution in [0.2, 0.25) is 5.02 Å². The molecule has 2 aromatic heterocycles. The second-order valence-electron chi connectivity index (χ2n) is 9.09. The summed E-state index contributed by atoms with van der Waals surface area (Å²) in [6.07, 6.45) is 4.78. The van der Waals surface area contributed by atoms with Crippen LogP contribution in [0.15, 0.2) is 79.8 Å². The van der Waals surface area contributed by atoms with E-state index < -0.39 is 6.09 Å². The summed E-state index contributed by atoms with van der Waals surface area (Å²) in [5, 5.41) is 7.18. The number of carbonyl (C=O) groups is 2. The highest BCUT2D eigenvalue weighted by atomic mass is 35.5. The Morgan fingerprint density at radius 2 is 1.88 bits per heavy atom. The van der Waals surface area contributed by atoms with Gasteiger partial charge in [-0.05, 0) is 54.6 Å². The van der Waals surface area contributed by atoms with Gasteiger partial charge in [0.25, 0.3) is 0 Å². The van der Waals surface area contributed by atoms with Crippen molar-refractivity contribution >= 4 is 51.7 Å². The van der Waals surface area contributed by atoms with Gasteiger partial charge < -0.3 is 19.7 Å². The van der Waals surface area contributed by atoms with Crippen LogP contribution in [0.25, 0.3) is 10.9 Å². The van der Waals surface area contributed by atoms with E-state index in [-0.39, 0.29) is 12.0 Å². The molecule has 204 valence electrons. The molecule has 0 saturated carbocycles. The lowest BCUT2D eigenvalue weighted by Gasteiger charge is -2.30. The molecule has 0 unspecified atom stereocenters. The van der Waals surface area contributed by atoms with Gasteiger partial charge in [0.15, 0.2) is 0 Å². The van der Waals surface area contributed by atoms with Crippen molar-refractivity contribution in [1.29, 1.82) is 0 Å². The van der Waals surface area contributed by atoms with Crippen LogP contribution in [0.5, 0.6) is 5.75 Å². The van der Waals surface area contributed by atoms with Crippen molar-refractivity contribution in [1.82, 2.24) is 19.9 Å². The number of fused-ring (bicyclic) bond motifs is 1. The van der Waals surface area contributed by atoms with E-state index in [0.717, 1.165) is 5.69 Å². The standard InChI is InChI=1S/C29H27ClN6O4/c1-2-27(37)36-13-10-22(11-14-36)40-29(38)35-19-6-8-25-23(15-19)28(33-18-32-25)34-20-7-9-26(24(30)16-20)39-17-21-5-3-4-12-31-21/h2-9,12,15-16,18,22H,1,10-11,13-14,17H2,(H,35,38)(H,32,33,34). The summed E-state index contributed by atoms with van der Waals surface area (Å²) < 4.78 is 11.4. The minimum atomic E-state index is -0.563. The Morgan fingerprint density at radius 3 is 2.62 bits per heavy atom. The minimum absolute atomic E-state index is 0.113. The Labute approximate surface area is 236 Å². The molecular formula is C29H27ClN6O4. The summed E-state index contributed by atoms with van der Waals surface area (Å²) in [6, 6.07) is 16.3. The second kappa shape index (κ2) is 12.4. The SMILES string of the molecule is C=CC(=O)N1CCC(OC(=O)Nc2ccc3ncnc(Nc4ccc(OCc5ccccn5)c(Cl)c4)c3c2)CC1. The lowest BCUT2D eigenvalue weighted by atomic mass is 10.1. The van der Waals surface area contributed by atoms with Gasteiger partial charge in [-0.15, -0.1) is 0 Å². The fourth-order valence-corrected chi connectivity index (χ4v) is 4.56. The van der Waals surface area contributed by atoms with Gasteiger partial charge in [-0.2, -0.15) is 0 Å². The number of rotatable bonds is 8. The number of piperidine rings is 1. The number of halogens is 1. The molecule has 5 rings (SSSR count). The Balaban J connectivity index is 1.23. The van der Waals surface area contributed by atoms with E-state index in [0.29, 0.717) is 71.4 Å². The predicted molar refractivity (Wildman–Crippen MR) is 153 cm³/mol. The molecule has 3 heterocycles. The smallest absolute Gasteiger partial charge is 0.411 e. The molecule has 11 heteroatoms. The molecule has 40 heavy (non-hydrogen) atoms. The van der Waals surface area contributed by atoms with Gasteiger partial charge in [-0.1, -0.05) is 24.2 Å². The minimum Gasteiger partial charge on any atom is -0.486 e. The quantitative estimate of drug-likeness (QED) is 0.263. The van der Waals surface area contributed by atoms with E-state index in [1.54, 1.807) is 41.4 Å². The maximum absolute atomic E-state index is 12.6. The Bertz CT molecular complexity index is 1530. The van der Waals surface area contributed by atoms with Crippen LogP contribution in [0.1, 0.15) is 18.5 Å². The van der Waals surface area contributed by atoms with Crippen molar-refractivity contribution in [2.45, 2.75) is 25.6 Å². The third-order valence-corrected chi connectivity index (χ3v) is 6.68. The van der Waals surface area contributed by atoms with E-state index in [2.05, 4.69) is 32.2 Å². The van der Waals surface area contributed by atoms with E-state index in [1.165, 1.54) is 12.4 Å². The molecule has 1 fully saturated rings. The average Bonchev–Trinajstić information content (AvgIpc) is 2.97. The number of carbonyl (C=O) groups excluding carboxylic acids is 2. The zero-order valence-corrected chi connectivity index (χ0v) is 22.3. The molecule has 1 saturated heterocycles. The molecule has 2 N–H and O–H groups in total. The maximum Gasteiger partial charge on any atom is 0.411 e. The van der Waals surface area contributed by atoms with Gasteiger partial charge in [0.2, 0.25) is 5.91 Å². The van der Waals surface area contributed by atoms with Crippen molar-refractivity contribution in [3.05, 3.63) is 90.5 Å². The van der Waals surface area contributed by atoms with Crippen LogP contribution >= 0.6 is 11.6 Å². The van der Waals surface area contributed by atoms with Crippen LogP contribution in [0.4, 0.5) is 22.0 Å². The van der Waals surface area contributed by atoms with Crippen LogP contribution in [0, 0.1) is 0 Å². The molecule has 2 aromatic carbocycles. The molecule has 0 atom stereocenters. The predicted octanol–water partition coefficient (Wildman–Crippen LogP) is 5.73. The molecule has 2 amide bonds. The molecule has 0 aliphatic carbocycles. The number of anilines is 3. The number of nitrogens with zero attached hydrogens (tertiary/aromatic N) is 4. The number of amides is 2. The summed E-state index contributed by atoms with van der Waals surface area (Å²) in [6.45, 7) is 4.85. The molecule has 1 aliphatic rings. The van der Waals surface area contributed by atoms with E-state index in [9.17, 15) is 9.59 Å². The zero-order chi connectivity index (χ0) is 27.9. The number of pyridine rings is 1. The maximum atomic E-state index is 12.6. The van der Waals surface area contributed by atoms with Gasteiger partial charge in [0, 0.05) is 48.9 Å². The third kappa shape index (κ3) is 6.65. The van der Waals surface area contributed by atoms with Crippen molar-refractivity contribution in [3.63, 3.8) is 0 Å². The summed E-state index contributed by atoms with van der Waals surface area (Å²) in [7, 11) is 0. The number of ether oxygens (including phenoxy) is 2. The zero-order valence-electron chi connectivity index (χ0n) is 21.5. The van der Waals surface area contributed by atoms with Gasteiger partial charge in [0.1, 0.15) is 30.6 Å². The first kappa shape index (κ1) is 26.9. The normalized spacial score (nSPS) is 13.5. The van der Waals surface area contributed by atoms with E-state index in [4.69, 9.17) is 21.1 Å². The molecular weight excluding hydrogens is 532 g/mol. The van der Waals surface area contributed by atoms with Gasteiger partial charge in [-0.3, -0.25) is 15.1 Å². The highest BCUT2D eigenvalue weighted by molar-refractivity contribution is 6.32. The van der Waals surface area contributed by atoms with Crippen LogP contribution in [-0.4, -0.2) is 51.0 Å². The first-order valence-corrected chi connectivity index (χ1v) is 13.1. The van der Waals surface area contributed by atoms with Gasteiger partial charge in [-0.25, -0.2) is 14.8 Å². The number of benzene rings is 2. The van der Waals surface area contributed by atoms with Crippen LogP contribution in [-0.2, 0) is 16.1 Å². The molecule has 0 radical (unpaired) electrons. The first-order chi connectivity index (χ1) is 19.5. The number of hydrogen-bond donors (Lipinski definition) is 2. The molecule has 4 aromatic rings. The summed E-state index contributed by atoms with van der Waals surface area (Å²) in [4.78, 5) is 39.0. The summed E-state index contributed by atoms with van der Waals surface area (Å²) in [5.74, 6) is 0.964. The number of hydrogen-bond acceptors (Lipinski definition) is 8. The molecule has 0 bridgehead atoms. The Kier molecular flexibility index (Phi) is 8.36. The van der Waals surface area contributed by atoms with Crippen molar-refractivity contribution in [2.24, 2.45) is 0 Å². The topological polar surface area (TPSA) is 119 Å². The second-order valence-corrected chi connectivity index (χ2v) is 9.50. The lowest BCUT2D eigenvalue weighted by Crippen LogP contribution is -2.41. The third-order valence-electron chi connectivity index (χ3n) is 6.38. The Morgan fingerprint density at radius 1 is 1.05 bits per heavy atom. The summed E-state index contributed by atoms with van der Waals surface area (Å²) in [5.41, 5.74) is 2.73. The highest BCUT2D eigenvalue weighted by Gasteiger charge is 2.24. The number of aromatic nitrogens is 3. The highest BCUT2D eigenvalue weighted by Crippen LogP contribution is 2.31. The Hall–Kier alpha value is -4.70. The molecule has 10 nitrogen and oxygen atoms in total. The van der Waals surface area contributed by atoms with Crippen LogP contribution < -0.4 is 15.4 Å². The van der Waals surface area contributed by atoms with E-state index >= 15 is 0 Å². The lowest BCUT2D eigenvalue weighted by molar-refractivity contribution is -0.127. The van der Waals surface area contributed by atoms with E-state index in [1.807, 2.05) is 24.3 Å². The van der Waals surface area contributed by atoms with Crippen molar-refractivity contribution in [3.8, 4) is 5.75 Å². The first-order valence-electron chi connectivity index (χ1n) is 12.7. The van der Waals surface area contributed by atoms with Gasteiger partial charge in [0.05, 0.1) is 16.2 Å². The average molecular weight is 559 g/mol. The molecule has 1 aliphatic heterocycles. The molecule has 0 spiro atoms. The van der Waals surface area contributed by atoms with Crippen molar-refractivity contribution < 1.29 is 19.1 Å². The largest absolute Gasteiger partial charge is 0.486 e. The fourth-order valence-electron chi connectivity index (χ4n) is 4.32. The van der Waals surface area contributed by atoms with Gasteiger partial charge >= 0.3 is 6.09 Å². The number of likely N-dealkylation sites (tertiary alicyclic amines) is 1. The fraction of sp³-hybridized carbons (Fsp3) is 0.207. The number of nitrogens with one attached hydrogen (secondary N) is 2.